The summed E-state index contributed by atoms with van der Waals surface area (Å²) >= 11 is 4.62. The summed E-state index contributed by atoms with van der Waals surface area (Å²) in [5, 5.41) is 13.6. The number of hydrogen-bond donors (Lipinski definition) is 2. The molecule has 0 fully saturated rings. The van der Waals surface area contributed by atoms with Gasteiger partial charge in [-0.15, -0.1) is 0 Å². The summed E-state index contributed by atoms with van der Waals surface area (Å²) < 4.78 is 2.96. The lowest BCUT2D eigenvalue weighted by atomic mass is 9.87. The van der Waals surface area contributed by atoms with E-state index in [2.05, 4.69) is 27.3 Å². The van der Waals surface area contributed by atoms with Crippen molar-refractivity contribution in [2.75, 3.05) is 5.75 Å². The molecule has 6 nitrogen and oxygen atoms in total. The third kappa shape index (κ3) is 5.23. The molecule has 34 heavy (non-hydrogen) atoms. The van der Waals surface area contributed by atoms with E-state index in [0.717, 1.165) is 51.1 Å². The van der Waals surface area contributed by atoms with Crippen LogP contribution in [0, 0.1) is 5.92 Å². The third-order valence-electron chi connectivity index (χ3n) is 6.54. The second-order valence-corrected chi connectivity index (χ2v) is 10.9. The van der Waals surface area contributed by atoms with Gasteiger partial charge in [0.25, 0.3) is 0 Å². The number of para-hydroxylation sites is 1. The molecule has 0 aliphatic heterocycles. The van der Waals surface area contributed by atoms with Crippen LogP contribution >= 0.6 is 27.7 Å². The number of carbonyl (C=O) groups is 3. The van der Waals surface area contributed by atoms with E-state index < -0.39 is 17.9 Å². The fourth-order valence-electron chi connectivity index (χ4n) is 4.91. The highest BCUT2D eigenvalue weighted by Crippen LogP contribution is 2.41. The van der Waals surface area contributed by atoms with Gasteiger partial charge in [-0.2, -0.15) is 0 Å². The topological polar surface area (TPSA) is 88.4 Å². The molecule has 0 radical (unpaired) electrons. The predicted molar refractivity (Wildman–Crippen MR) is 138 cm³/mol. The van der Waals surface area contributed by atoms with Crippen LogP contribution in [0.15, 0.2) is 53.1 Å². The lowest BCUT2D eigenvalue weighted by Crippen LogP contribution is -2.46. The fraction of sp³-hybridized carbons (Fsp3) is 0.346. The van der Waals surface area contributed by atoms with Gasteiger partial charge in [-0.25, -0.2) is 4.79 Å². The molecule has 3 unspecified atom stereocenters. The number of nitrogens with one attached hydrogen (secondary N) is 1. The van der Waals surface area contributed by atoms with Crippen molar-refractivity contribution < 1.29 is 19.5 Å². The minimum Gasteiger partial charge on any atom is -0.480 e. The van der Waals surface area contributed by atoms with E-state index in [4.69, 9.17) is 0 Å². The third-order valence-corrected chi connectivity index (χ3v) is 7.96. The van der Waals surface area contributed by atoms with Gasteiger partial charge in [0.2, 0.25) is 5.91 Å². The zero-order valence-electron chi connectivity index (χ0n) is 19.1. The number of aromatic nitrogens is 1. The van der Waals surface area contributed by atoms with Crippen LogP contribution in [-0.2, 0) is 34.3 Å². The Morgan fingerprint density at radius 1 is 1.24 bits per heavy atom. The Morgan fingerprint density at radius 3 is 2.74 bits per heavy atom. The van der Waals surface area contributed by atoms with Crippen molar-refractivity contribution in [1.82, 2.24) is 9.88 Å². The number of carboxylic acids is 1. The van der Waals surface area contributed by atoms with Gasteiger partial charge in [0.1, 0.15) is 6.04 Å². The number of aliphatic carboxylic acids is 1. The minimum absolute atomic E-state index is 0.0537. The Labute approximate surface area is 211 Å². The lowest BCUT2D eigenvalue weighted by Gasteiger charge is -2.25. The second-order valence-electron chi connectivity index (χ2n) is 8.78. The number of fused-ring (bicyclic) bond motifs is 2. The molecule has 1 amide bonds. The summed E-state index contributed by atoms with van der Waals surface area (Å²) in [5.41, 5.74) is 4.18. The number of thioether (sulfide) groups is 1. The van der Waals surface area contributed by atoms with Crippen molar-refractivity contribution in [3.8, 4) is 0 Å². The average Bonchev–Trinajstić information content (AvgIpc) is 3.34. The van der Waals surface area contributed by atoms with E-state index in [9.17, 15) is 19.5 Å². The molecule has 8 heteroatoms. The van der Waals surface area contributed by atoms with Crippen LogP contribution in [0.4, 0.5) is 0 Å². The standard InChI is InChI=1S/C26H27BrN2O4S/c1-15(30)34-14-22(21-9-7-16-11-18(27)8-10-19(16)21)25(31)28-23(26(32)33)12-17-13-29(2)24-6-4-3-5-20(17)24/h3-6,8,10-11,13,21-23H,7,9,12,14H2,1-2H3,(H,28,31)(H,32,33). The number of hydrogen-bond acceptors (Lipinski definition) is 4. The van der Waals surface area contributed by atoms with Gasteiger partial charge in [-0.3, -0.25) is 9.59 Å². The predicted octanol–water partition coefficient (Wildman–Crippen LogP) is 4.68. The maximum atomic E-state index is 13.5. The molecule has 0 saturated carbocycles. The van der Waals surface area contributed by atoms with Gasteiger partial charge in [0, 0.05) is 47.7 Å². The maximum absolute atomic E-state index is 13.5. The molecule has 0 bridgehead atoms. The summed E-state index contributed by atoms with van der Waals surface area (Å²) in [7, 11) is 1.92. The molecule has 2 aromatic carbocycles. The average molecular weight is 543 g/mol. The van der Waals surface area contributed by atoms with Gasteiger partial charge >= 0.3 is 5.97 Å². The number of aryl methyl sites for hydroxylation is 2. The first kappa shape index (κ1) is 24.5. The summed E-state index contributed by atoms with van der Waals surface area (Å²) in [5.74, 6) is -1.62. The van der Waals surface area contributed by atoms with Crippen molar-refractivity contribution in [2.24, 2.45) is 13.0 Å². The Hall–Kier alpha value is -2.58. The molecule has 1 heterocycles. The van der Waals surface area contributed by atoms with Gasteiger partial charge < -0.3 is 15.0 Å². The molecular weight excluding hydrogens is 516 g/mol. The summed E-state index contributed by atoms with van der Waals surface area (Å²) in [6.45, 7) is 1.49. The van der Waals surface area contributed by atoms with Gasteiger partial charge in [-0.1, -0.05) is 52.0 Å². The molecule has 1 aliphatic rings. The van der Waals surface area contributed by atoms with E-state index >= 15 is 0 Å². The smallest absolute Gasteiger partial charge is 0.326 e. The van der Waals surface area contributed by atoms with Crippen molar-refractivity contribution in [1.29, 1.82) is 0 Å². The Kier molecular flexibility index (Phi) is 7.48. The number of benzene rings is 2. The number of nitrogens with zero attached hydrogens (tertiary/aromatic N) is 1. The van der Waals surface area contributed by atoms with E-state index in [-0.39, 0.29) is 23.4 Å². The number of halogens is 1. The summed E-state index contributed by atoms with van der Waals surface area (Å²) in [4.78, 5) is 37.3. The molecule has 0 spiro atoms. The molecule has 0 saturated heterocycles. The Morgan fingerprint density at radius 2 is 2.00 bits per heavy atom. The molecule has 1 aliphatic carbocycles. The zero-order valence-corrected chi connectivity index (χ0v) is 21.5. The molecule has 3 aromatic rings. The number of carbonyl (C=O) groups excluding carboxylic acids is 2. The van der Waals surface area contributed by atoms with Gasteiger partial charge in [-0.05, 0) is 53.6 Å². The van der Waals surface area contributed by atoms with E-state index in [1.807, 2.05) is 54.2 Å². The maximum Gasteiger partial charge on any atom is 0.326 e. The van der Waals surface area contributed by atoms with Crippen LogP contribution in [0.5, 0.6) is 0 Å². The number of carboxylic acid groups (broad SMARTS) is 1. The van der Waals surface area contributed by atoms with Crippen LogP contribution in [0.25, 0.3) is 10.9 Å². The summed E-state index contributed by atoms with van der Waals surface area (Å²) in [6.07, 6.45) is 3.75. The lowest BCUT2D eigenvalue weighted by molar-refractivity contribution is -0.142. The zero-order chi connectivity index (χ0) is 24.4. The first-order valence-electron chi connectivity index (χ1n) is 11.2. The highest BCUT2D eigenvalue weighted by molar-refractivity contribution is 9.10. The van der Waals surface area contributed by atoms with Crippen molar-refractivity contribution in [3.63, 3.8) is 0 Å². The number of rotatable bonds is 8. The first-order chi connectivity index (χ1) is 16.2. The van der Waals surface area contributed by atoms with Gasteiger partial charge in [0.05, 0.1) is 5.92 Å². The summed E-state index contributed by atoms with van der Waals surface area (Å²) in [6, 6.07) is 12.8. The highest BCUT2D eigenvalue weighted by atomic mass is 79.9. The van der Waals surface area contributed by atoms with Crippen molar-refractivity contribution >= 4 is 55.6 Å². The quantitative estimate of drug-likeness (QED) is 0.431. The highest BCUT2D eigenvalue weighted by Gasteiger charge is 2.36. The van der Waals surface area contributed by atoms with Crippen LogP contribution in [0.2, 0.25) is 0 Å². The molecular formula is C26H27BrN2O4S. The normalized spacial score (nSPS) is 16.7. The first-order valence-corrected chi connectivity index (χ1v) is 13.0. The molecule has 4 rings (SSSR count). The van der Waals surface area contributed by atoms with Crippen LogP contribution in [-0.4, -0.2) is 38.5 Å². The van der Waals surface area contributed by atoms with E-state index in [1.165, 1.54) is 12.5 Å². The second kappa shape index (κ2) is 10.4. The molecule has 178 valence electrons. The molecule has 3 atom stereocenters. The molecule has 1 aromatic heterocycles. The van der Waals surface area contributed by atoms with Crippen LogP contribution < -0.4 is 5.32 Å². The molecule has 2 N–H and O–H groups in total. The monoisotopic (exact) mass is 542 g/mol. The van der Waals surface area contributed by atoms with Crippen LogP contribution in [0.3, 0.4) is 0 Å². The minimum atomic E-state index is -1.07. The van der Waals surface area contributed by atoms with E-state index in [1.54, 1.807) is 0 Å². The van der Waals surface area contributed by atoms with Gasteiger partial charge in [0.15, 0.2) is 5.12 Å². The van der Waals surface area contributed by atoms with Crippen LogP contribution in [0.1, 0.15) is 36.0 Å². The Bertz CT molecular complexity index is 1250. The SMILES string of the molecule is CC(=O)SCC(C(=O)NC(Cc1cn(C)c2ccccc12)C(=O)O)C1CCc2cc(Br)ccc21. The fourth-order valence-corrected chi connectivity index (χ4v) is 6.11. The van der Waals surface area contributed by atoms with Crippen molar-refractivity contribution in [3.05, 3.63) is 69.8 Å². The van der Waals surface area contributed by atoms with E-state index in [0.29, 0.717) is 5.75 Å². The van der Waals surface area contributed by atoms with Crippen molar-refractivity contribution in [2.45, 2.75) is 38.1 Å². The largest absolute Gasteiger partial charge is 0.480 e. The number of amides is 1. The Balaban J connectivity index is 1.58.